The molecule has 2 heterocycles. The molecular weight excluding hydrogens is 397 g/mol. The Bertz CT molecular complexity index is 1000. The first-order chi connectivity index (χ1) is 13.6. The molecule has 4 nitrogen and oxygen atoms in total. The molecule has 4 rings (SSSR count). The normalized spacial score (nSPS) is 17.4. The molecular formula is C21H21ClFN3OS. The van der Waals surface area contributed by atoms with Crippen LogP contribution in [-0.4, -0.2) is 47.4 Å². The van der Waals surface area contributed by atoms with Crippen molar-refractivity contribution in [3.05, 3.63) is 47.2 Å². The van der Waals surface area contributed by atoms with Gasteiger partial charge in [-0.1, -0.05) is 41.9 Å². The van der Waals surface area contributed by atoms with Crippen LogP contribution in [0.2, 0.25) is 5.02 Å². The van der Waals surface area contributed by atoms with Crippen LogP contribution < -0.4 is 4.74 Å². The van der Waals surface area contributed by atoms with Crippen LogP contribution in [0.15, 0.2) is 41.4 Å². The number of benzene rings is 2. The zero-order valence-corrected chi connectivity index (χ0v) is 17.4. The van der Waals surface area contributed by atoms with Gasteiger partial charge in [-0.15, -0.1) is 11.8 Å². The Morgan fingerprint density at radius 3 is 2.75 bits per heavy atom. The molecule has 1 saturated heterocycles. The molecule has 28 heavy (non-hydrogen) atoms. The number of likely N-dealkylation sites (N-methyl/N-ethyl adjacent to an activating group) is 1. The van der Waals surface area contributed by atoms with E-state index < -0.39 is 5.82 Å². The van der Waals surface area contributed by atoms with Gasteiger partial charge in [-0.25, -0.2) is 4.39 Å². The Morgan fingerprint density at radius 1 is 1.29 bits per heavy atom. The molecule has 0 radical (unpaired) electrons. The maximum atomic E-state index is 15.5. The van der Waals surface area contributed by atoms with Crippen molar-refractivity contribution in [2.24, 2.45) is 0 Å². The molecule has 0 bridgehead atoms. The van der Waals surface area contributed by atoms with E-state index in [1.54, 1.807) is 6.07 Å². The number of rotatable bonds is 5. The highest BCUT2D eigenvalue weighted by Gasteiger charge is 2.23. The molecule has 0 amide bonds. The first-order valence-electron chi connectivity index (χ1n) is 9.20. The lowest BCUT2D eigenvalue weighted by Gasteiger charge is -2.19. The Kier molecular flexibility index (Phi) is 5.71. The Labute approximate surface area is 173 Å². The van der Waals surface area contributed by atoms with Gasteiger partial charge >= 0.3 is 6.01 Å². The van der Waals surface area contributed by atoms with Crippen LogP contribution in [0.5, 0.6) is 6.01 Å². The van der Waals surface area contributed by atoms with Crippen LogP contribution in [0.3, 0.4) is 0 Å². The monoisotopic (exact) mass is 417 g/mol. The molecule has 1 aromatic heterocycles. The van der Waals surface area contributed by atoms with Crippen molar-refractivity contribution in [3.8, 4) is 17.1 Å². The third kappa shape index (κ3) is 3.69. The highest BCUT2D eigenvalue weighted by Crippen LogP contribution is 2.38. The molecule has 1 aliphatic heterocycles. The van der Waals surface area contributed by atoms with Gasteiger partial charge in [0.05, 0.1) is 5.02 Å². The molecule has 146 valence electrons. The molecule has 3 aromatic rings. The third-order valence-electron chi connectivity index (χ3n) is 5.16. The second kappa shape index (κ2) is 8.23. The first kappa shape index (κ1) is 19.4. The minimum absolute atomic E-state index is 0.206. The zero-order valence-electron chi connectivity index (χ0n) is 15.8. The van der Waals surface area contributed by atoms with E-state index in [-0.39, 0.29) is 11.5 Å². The number of hydrogen-bond acceptors (Lipinski definition) is 5. The van der Waals surface area contributed by atoms with Crippen LogP contribution in [0, 0.1) is 5.82 Å². The van der Waals surface area contributed by atoms with Crippen LogP contribution in [-0.2, 0) is 0 Å². The van der Waals surface area contributed by atoms with Crippen molar-refractivity contribution in [3.63, 3.8) is 0 Å². The summed E-state index contributed by atoms with van der Waals surface area (Å²) in [4.78, 5) is 11.1. The zero-order chi connectivity index (χ0) is 19.7. The molecule has 1 aliphatic rings. The summed E-state index contributed by atoms with van der Waals surface area (Å²) >= 11 is 7.86. The van der Waals surface area contributed by atoms with Crippen molar-refractivity contribution < 1.29 is 9.13 Å². The Morgan fingerprint density at radius 2 is 2.07 bits per heavy atom. The molecule has 1 atom stereocenters. The average molecular weight is 418 g/mol. The predicted molar refractivity (Wildman–Crippen MR) is 113 cm³/mol. The highest BCUT2D eigenvalue weighted by molar-refractivity contribution is 7.98. The minimum atomic E-state index is -0.450. The van der Waals surface area contributed by atoms with Crippen LogP contribution in [0.4, 0.5) is 4.39 Å². The fraction of sp³-hybridized carbons (Fsp3) is 0.333. The first-order valence-corrected chi connectivity index (χ1v) is 10.8. The van der Waals surface area contributed by atoms with Crippen molar-refractivity contribution in [1.29, 1.82) is 0 Å². The SMILES string of the molecule is CSc1nc(OC[C@@H]2CCCN2C)nc2c(F)c(-c3ccccc3)c(Cl)cc12. The second-order valence-corrected chi connectivity index (χ2v) is 8.11. The van der Waals surface area contributed by atoms with Gasteiger partial charge in [-0.2, -0.15) is 9.97 Å². The molecule has 0 aliphatic carbocycles. The van der Waals surface area contributed by atoms with E-state index in [9.17, 15) is 0 Å². The average Bonchev–Trinajstić information content (AvgIpc) is 3.12. The van der Waals surface area contributed by atoms with E-state index >= 15 is 4.39 Å². The maximum Gasteiger partial charge on any atom is 0.318 e. The number of likely N-dealkylation sites (tertiary alicyclic amines) is 1. The standard InChI is InChI=1S/C21H21ClFN3OS/c1-26-10-6-9-14(26)12-27-21-24-19-15(20(25-21)28-2)11-16(22)17(18(19)23)13-7-4-3-5-8-13/h3-5,7-8,11,14H,6,9-10,12H2,1-2H3/t14-/m0/s1. The fourth-order valence-corrected chi connectivity index (χ4v) is 4.45. The van der Waals surface area contributed by atoms with Gasteiger partial charge in [0.1, 0.15) is 17.1 Å². The van der Waals surface area contributed by atoms with E-state index in [4.69, 9.17) is 16.3 Å². The number of ether oxygens (including phenoxy) is 1. The van der Waals surface area contributed by atoms with Crippen LogP contribution in [0.1, 0.15) is 12.8 Å². The van der Waals surface area contributed by atoms with Crippen molar-refractivity contribution >= 4 is 34.3 Å². The highest BCUT2D eigenvalue weighted by atomic mass is 35.5. The lowest BCUT2D eigenvalue weighted by atomic mass is 10.0. The summed E-state index contributed by atoms with van der Waals surface area (Å²) in [6, 6.07) is 11.5. The van der Waals surface area contributed by atoms with Gasteiger partial charge in [0.25, 0.3) is 0 Å². The van der Waals surface area contributed by atoms with Gasteiger partial charge in [-0.05, 0) is 44.3 Å². The summed E-state index contributed by atoms with van der Waals surface area (Å²) in [6.45, 7) is 1.56. The molecule has 7 heteroatoms. The molecule has 0 unspecified atom stereocenters. The van der Waals surface area contributed by atoms with Gasteiger partial charge in [0, 0.05) is 17.0 Å². The molecule has 0 saturated carbocycles. The summed E-state index contributed by atoms with van der Waals surface area (Å²) in [5.41, 5.74) is 1.30. The molecule has 0 spiro atoms. The number of halogens is 2. The predicted octanol–water partition coefficient (Wildman–Crippen LogP) is 5.28. The van der Waals surface area contributed by atoms with Crippen molar-refractivity contribution in [2.75, 3.05) is 26.5 Å². The third-order valence-corrected chi connectivity index (χ3v) is 6.16. The smallest absolute Gasteiger partial charge is 0.318 e. The summed E-state index contributed by atoms with van der Waals surface area (Å²) < 4.78 is 21.3. The van der Waals surface area contributed by atoms with Gasteiger partial charge in [-0.3, -0.25) is 0 Å². The van der Waals surface area contributed by atoms with Crippen LogP contribution >= 0.6 is 23.4 Å². The van der Waals surface area contributed by atoms with Crippen LogP contribution in [0.25, 0.3) is 22.0 Å². The Hall–Kier alpha value is -1.89. The fourth-order valence-electron chi connectivity index (χ4n) is 3.60. The second-order valence-electron chi connectivity index (χ2n) is 6.91. The topological polar surface area (TPSA) is 38.2 Å². The number of hydrogen-bond donors (Lipinski definition) is 0. The molecule has 0 N–H and O–H groups in total. The van der Waals surface area contributed by atoms with E-state index in [1.165, 1.54) is 11.8 Å². The summed E-state index contributed by atoms with van der Waals surface area (Å²) in [5, 5.41) is 1.59. The summed E-state index contributed by atoms with van der Waals surface area (Å²) in [7, 11) is 2.09. The number of aromatic nitrogens is 2. The van der Waals surface area contributed by atoms with E-state index in [0.29, 0.717) is 39.2 Å². The number of thioether (sulfide) groups is 1. The summed E-state index contributed by atoms with van der Waals surface area (Å²) in [6.07, 6.45) is 4.14. The molecule has 1 fully saturated rings. The van der Waals surface area contributed by atoms with Gasteiger partial charge in [0.2, 0.25) is 0 Å². The number of fused-ring (bicyclic) bond motifs is 1. The maximum absolute atomic E-state index is 15.5. The minimum Gasteiger partial charge on any atom is -0.462 e. The van der Waals surface area contributed by atoms with E-state index in [1.807, 2.05) is 36.6 Å². The van der Waals surface area contributed by atoms with Crippen molar-refractivity contribution in [1.82, 2.24) is 14.9 Å². The summed E-state index contributed by atoms with van der Waals surface area (Å²) in [5.74, 6) is -0.450. The lowest BCUT2D eigenvalue weighted by Crippen LogP contribution is -2.30. The van der Waals surface area contributed by atoms with E-state index in [0.717, 1.165) is 19.4 Å². The van der Waals surface area contributed by atoms with Gasteiger partial charge < -0.3 is 9.64 Å². The van der Waals surface area contributed by atoms with E-state index in [2.05, 4.69) is 21.9 Å². The molecule has 2 aromatic carbocycles. The quantitative estimate of drug-likeness (QED) is 0.417. The lowest BCUT2D eigenvalue weighted by molar-refractivity contribution is 0.187. The Balaban J connectivity index is 1.77. The number of nitrogens with zero attached hydrogens (tertiary/aromatic N) is 3. The van der Waals surface area contributed by atoms with Gasteiger partial charge in [0.15, 0.2) is 5.82 Å². The largest absolute Gasteiger partial charge is 0.462 e. The van der Waals surface area contributed by atoms with Crippen molar-refractivity contribution in [2.45, 2.75) is 23.9 Å².